The Kier molecular flexibility index (Phi) is 1.56. The quantitative estimate of drug-likeness (QED) is 0.477. The van der Waals surface area contributed by atoms with Crippen LogP contribution in [0.3, 0.4) is 0 Å². The molecule has 0 spiro atoms. The fourth-order valence-electron chi connectivity index (χ4n) is 1.43. The van der Waals surface area contributed by atoms with Crippen molar-refractivity contribution in [2.24, 2.45) is 7.05 Å². The number of hydrogen-bond acceptors (Lipinski definition) is 0. The summed E-state index contributed by atoms with van der Waals surface area (Å²) in [6.45, 7) is 0. The molecule has 0 radical (unpaired) electrons. The standard InChI is InChI=1S/C9H8N.Li/c1-10-7-6-8-4-2-3-5-9(8)10;/h2-6H,1H3;. The second-order valence-electron chi connectivity index (χ2n) is 2.90. The fraction of sp³-hybridized carbons (Fsp3) is 0.111. The molecule has 50 valence electrons. The second-order valence-corrected chi connectivity index (χ2v) is 2.90. The molecule has 2 aromatic rings. The molecule has 0 saturated heterocycles. The zero-order valence-electron chi connectivity index (χ0n) is 6.83. The van der Waals surface area contributed by atoms with Crippen LogP contribution >= 0.6 is 0 Å². The molecular formula is C9H8LiN. The van der Waals surface area contributed by atoms with Gasteiger partial charge in [-0.25, -0.2) is 0 Å². The van der Waals surface area contributed by atoms with Crippen molar-refractivity contribution in [3.63, 3.8) is 0 Å². The van der Waals surface area contributed by atoms with E-state index in [1.165, 1.54) is 15.3 Å². The van der Waals surface area contributed by atoms with E-state index >= 15 is 0 Å². The molecule has 0 aliphatic carbocycles. The molecule has 0 unspecified atom stereocenters. The third-order valence-corrected chi connectivity index (χ3v) is 2.19. The number of aromatic nitrogens is 1. The molecule has 1 aromatic carbocycles. The van der Waals surface area contributed by atoms with E-state index in [9.17, 15) is 0 Å². The van der Waals surface area contributed by atoms with Crippen molar-refractivity contribution in [3.8, 4) is 0 Å². The molecular weight excluding hydrogens is 129 g/mol. The minimum atomic E-state index is 1.31. The first kappa shape index (κ1) is 7.03. The first-order valence-electron chi connectivity index (χ1n) is 3.80. The monoisotopic (exact) mass is 137 g/mol. The van der Waals surface area contributed by atoms with Crippen LogP contribution in [0.25, 0.3) is 10.9 Å². The third-order valence-electron chi connectivity index (χ3n) is 2.19. The third kappa shape index (κ3) is 1.01. The Bertz CT molecular complexity index is 389. The van der Waals surface area contributed by atoms with E-state index in [1.807, 2.05) is 0 Å². The summed E-state index contributed by atoms with van der Waals surface area (Å²) in [5.41, 5.74) is 1.31. The van der Waals surface area contributed by atoms with Gasteiger partial charge in [-0.05, 0) is 0 Å². The molecule has 1 heterocycles. The summed E-state index contributed by atoms with van der Waals surface area (Å²) in [7, 11) is 2.09. The van der Waals surface area contributed by atoms with E-state index in [1.54, 1.807) is 0 Å². The maximum absolute atomic E-state index is 2.20. The molecule has 1 nitrogen and oxygen atoms in total. The van der Waals surface area contributed by atoms with Crippen molar-refractivity contribution in [1.29, 1.82) is 0 Å². The summed E-state index contributed by atoms with van der Waals surface area (Å²) in [6.07, 6.45) is 0. The minimum absolute atomic E-state index is 1.31. The predicted octanol–water partition coefficient (Wildman–Crippen LogP) is 0.972. The average Bonchev–Trinajstić information content (AvgIpc) is 2.30. The Balaban J connectivity index is 2.92. The van der Waals surface area contributed by atoms with Gasteiger partial charge in [0, 0.05) is 0 Å². The Hall–Kier alpha value is -0.643. The molecule has 0 atom stereocenters. The van der Waals surface area contributed by atoms with E-state index in [2.05, 4.69) is 59.7 Å². The van der Waals surface area contributed by atoms with Crippen molar-refractivity contribution in [3.05, 3.63) is 30.3 Å². The fourth-order valence-corrected chi connectivity index (χ4v) is 1.43. The summed E-state index contributed by atoms with van der Waals surface area (Å²) >= 11 is 2.12. The van der Waals surface area contributed by atoms with Crippen LogP contribution in [-0.4, -0.2) is 22.3 Å². The van der Waals surface area contributed by atoms with Crippen molar-refractivity contribution >= 4 is 33.0 Å². The summed E-state index contributed by atoms with van der Waals surface area (Å²) in [5, 5.41) is 1.33. The topological polar surface area (TPSA) is 4.93 Å². The van der Waals surface area contributed by atoms with Crippen molar-refractivity contribution in [2.75, 3.05) is 0 Å². The molecule has 2 rings (SSSR count). The van der Waals surface area contributed by atoms with E-state index in [-0.39, 0.29) is 0 Å². The molecule has 0 saturated carbocycles. The SMILES string of the molecule is [Li][c]1cc2ccccc2n1C. The normalized spacial score (nSPS) is 10.8. The average molecular weight is 137 g/mol. The molecule has 0 aliphatic heterocycles. The van der Waals surface area contributed by atoms with Gasteiger partial charge in [0.05, 0.1) is 0 Å². The maximum atomic E-state index is 2.20. The van der Waals surface area contributed by atoms with Crippen LogP contribution in [0.1, 0.15) is 0 Å². The van der Waals surface area contributed by atoms with Crippen LogP contribution in [0.4, 0.5) is 0 Å². The van der Waals surface area contributed by atoms with E-state index in [4.69, 9.17) is 0 Å². The number of rotatable bonds is 0. The van der Waals surface area contributed by atoms with Crippen LogP contribution < -0.4 is 4.37 Å². The number of benzene rings is 1. The molecule has 0 fully saturated rings. The summed E-state index contributed by atoms with van der Waals surface area (Å²) < 4.78 is 3.52. The van der Waals surface area contributed by atoms with Gasteiger partial charge >= 0.3 is 74.9 Å². The van der Waals surface area contributed by atoms with Gasteiger partial charge in [-0.1, -0.05) is 0 Å². The van der Waals surface area contributed by atoms with Crippen LogP contribution in [0.2, 0.25) is 0 Å². The van der Waals surface area contributed by atoms with Crippen molar-refractivity contribution < 1.29 is 0 Å². The van der Waals surface area contributed by atoms with Gasteiger partial charge in [-0.15, -0.1) is 0 Å². The zero-order valence-corrected chi connectivity index (χ0v) is 6.83. The Labute approximate surface area is 75.2 Å². The predicted molar refractivity (Wildman–Crippen MR) is 48.3 cm³/mol. The molecule has 1 aromatic heterocycles. The molecule has 0 aliphatic rings. The van der Waals surface area contributed by atoms with Gasteiger partial charge in [0.25, 0.3) is 0 Å². The molecule has 11 heavy (non-hydrogen) atoms. The first-order chi connectivity index (χ1) is 5.29. The molecule has 0 bridgehead atoms. The number of aryl methyl sites for hydroxylation is 1. The van der Waals surface area contributed by atoms with Gasteiger partial charge < -0.3 is 0 Å². The van der Waals surface area contributed by atoms with Crippen LogP contribution in [0, 0.1) is 0 Å². The Morgan fingerprint density at radius 2 is 2.00 bits per heavy atom. The first-order valence-corrected chi connectivity index (χ1v) is 3.80. The number of hydrogen-bond donors (Lipinski definition) is 0. The van der Waals surface area contributed by atoms with Crippen LogP contribution in [-0.2, 0) is 7.05 Å². The van der Waals surface area contributed by atoms with Crippen LogP contribution in [0.5, 0.6) is 0 Å². The molecule has 2 heteroatoms. The van der Waals surface area contributed by atoms with E-state index < -0.39 is 0 Å². The van der Waals surface area contributed by atoms with Gasteiger partial charge in [0.15, 0.2) is 0 Å². The summed E-state index contributed by atoms with van der Waals surface area (Å²) in [4.78, 5) is 0. The van der Waals surface area contributed by atoms with E-state index in [0.29, 0.717) is 0 Å². The van der Waals surface area contributed by atoms with Crippen molar-refractivity contribution in [1.82, 2.24) is 4.57 Å². The number of para-hydroxylation sites is 1. The van der Waals surface area contributed by atoms with Crippen molar-refractivity contribution in [2.45, 2.75) is 0 Å². The van der Waals surface area contributed by atoms with Gasteiger partial charge in [0.2, 0.25) is 0 Å². The number of nitrogens with zero attached hydrogens (tertiary/aromatic N) is 1. The van der Waals surface area contributed by atoms with Gasteiger partial charge in [-0.2, -0.15) is 0 Å². The summed E-state index contributed by atoms with van der Waals surface area (Å²) in [5.74, 6) is 0. The van der Waals surface area contributed by atoms with Crippen LogP contribution in [0.15, 0.2) is 30.3 Å². The second kappa shape index (κ2) is 2.44. The zero-order chi connectivity index (χ0) is 7.84. The van der Waals surface area contributed by atoms with Gasteiger partial charge in [0.1, 0.15) is 0 Å². The summed E-state index contributed by atoms with van der Waals surface area (Å²) in [6, 6.07) is 10.6. The number of fused-ring (bicyclic) bond motifs is 1. The molecule has 0 amide bonds. The van der Waals surface area contributed by atoms with E-state index in [0.717, 1.165) is 0 Å². The van der Waals surface area contributed by atoms with Gasteiger partial charge in [-0.3, -0.25) is 0 Å². The Morgan fingerprint density at radius 1 is 1.27 bits per heavy atom. The Morgan fingerprint density at radius 3 is 2.73 bits per heavy atom. The molecule has 0 N–H and O–H groups in total.